The van der Waals surface area contributed by atoms with Gasteiger partial charge in [0.2, 0.25) is 5.91 Å². The van der Waals surface area contributed by atoms with Gasteiger partial charge >= 0.3 is 0 Å². The van der Waals surface area contributed by atoms with E-state index in [2.05, 4.69) is 19.2 Å². The average molecular weight is 317 g/mol. The van der Waals surface area contributed by atoms with E-state index in [-0.39, 0.29) is 5.91 Å². The molecule has 0 spiro atoms. The van der Waals surface area contributed by atoms with Crippen LogP contribution in [0.5, 0.6) is 0 Å². The van der Waals surface area contributed by atoms with Crippen LogP contribution >= 0.6 is 23.2 Å². The SMILES string of the molecule is CCCN(CCC)C(=O)CCNc1ccc(Cl)c(Cl)c1. The van der Waals surface area contributed by atoms with E-state index < -0.39 is 0 Å². The Morgan fingerprint density at radius 2 is 1.80 bits per heavy atom. The maximum atomic E-state index is 12.1. The molecule has 0 unspecified atom stereocenters. The summed E-state index contributed by atoms with van der Waals surface area (Å²) in [7, 11) is 0. The Balaban J connectivity index is 2.42. The van der Waals surface area contributed by atoms with Gasteiger partial charge in [-0.2, -0.15) is 0 Å². The molecular formula is C15H22Cl2N2O. The molecule has 0 atom stereocenters. The molecule has 112 valence electrons. The van der Waals surface area contributed by atoms with Crippen molar-refractivity contribution in [3.05, 3.63) is 28.2 Å². The molecule has 0 aliphatic heterocycles. The Kier molecular flexibility index (Phi) is 7.78. The van der Waals surface area contributed by atoms with Crippen molar-refractivity contribution in [2.45, 2.75) is 33.1 Å². The van der Waals surface area contributed by atoms with E-state index in [1.165, 1.54) is 0 Å². The summed E-state index contributed by atoms with van der Waals surface area (Å²) in [6.07, 6.45) is 2.47. The molecule has 0 saturated carbocycles. The van der Waals surface area contributed by atoms with Gasteiger partial charge in [0.1, 0.15) is 0 Å². The molecule has 1 amide bonds. The van der Waals surface area contributed by atoms with Gasteiger partial charge in [0.15, 0.2) is 0 Å². The van der Waals surface area contributed by atoms with Crippen LogP contribution in [0.2, 0.25) is 10.0 Å². The molecule has 0 radical (unpaired) electrons. The Morgan fingerprint density at radius 1 is 1.15 bits per heavy atom. The predicted octanol–water partition coefficient (Wildman–Crippen LogP) is 4.44. The van der Waals surface area contributed by atoms with Gasteiger partial charge in [0, 0.05) is 31.7 Å². The number of nitrogens with one attached hydrogen (secondary N) is 1. The number of hydrogen-bond donors (Lipinski definition) is 1. The molecule has 5 heteroatoms. The summed E-state index contributed by atoms with van der Waals surface area (Å²) in [6, 6.07) is 5.37. The summed E-state index contributed by atoms with van der Waals surface area (Å²) < 4.78 is 0. The van der Waals surface area contributed by atoms with Crippen LogP contribution in [0.4, 0.5) is 5.69 Å². The van der Waals surface area contributed by atoms with E-state index in [1.54, 1.807) is 12.1 Å². The van der Waals surface area contributed by atoms with Crippen LogP contribution in [-0.4, -0.2) is 30.4 Å². The van der Waals surface area contributed by atoms with Crippen molar-refractivity contribution in [1.29, 1.82) is 0 Å². The second-order valence-electron chi connectivity index (χ2n) is 4.69. The van der Waals surface area contributed by atoms with E-state index >= 15 is 0 Å². The first kappa shape index (κ1) is 17.1. The van der Waals surface area contributed by atoms with Crippen molar-refractivity contribution in [3.63, 3.8) is 0 Å². The van der Waals surface area contributed by atoms with Gasteiger partial charge in [-0.1, -0.05) is 37.0 Å². The van der Waals surface area contributed by atoms with Crippen molar-refractivity contribution in [1.82, 2.24) is 4.90 Å². The van der Waals surface area contributed by atoms with Crippen LogP contribution in [0.1, 0.15) is 33.1 Å². The molecule has 1 aromatic rings. The number of benzene rings is 1. The van der Waals surface area contributed by atoms with E-state index in [9.17, 15) is 4.79 Å². The normalized spacial score (nSPS) is 10.4. The smallest absolute Gasteiger partial charge is 0.224 e. The number of amides is 1. The third-order valence-corrected chi connectivity index (χ3v) is 3.67. The Labute approximate surface area is 131 Å². The number of carbonyl (C=O) groups is 1. The first-order valence-electron chi connectivity index (χ1n) is 7.05. The molecule has 0 heterocycles. The van der Waals surface area contributed by atoms with Crippen LogP contribution < -0.4 is 5.32 Å². The Morgan fingerprint density at radius 3 is 2.35 bits per heavy atom. The molecular weight excluding hydrogens is 295 g/mol. The monoisotopic (exact) mass is 316 g/mol. The zero-order valence-corrected chi connectivity index (χ0v) is 13.6. The van der Waals surface area contributed by atoms with Gasteiger partial charge in [-0.25, -0.2) is 0 Å². The molecule has 0 aromatic heterocycles. The number of hydrogen-bond acceptors (Lipinski definition) is 2. The van der Waals surface area contributed by atoms with Gasteiger partial charge < -0.3 is 10.2 Å². The van der Waals surface area contributed by atoms with Crippen molar-refractivity contribution >= 4 is 34.8 Å². The lowest BCUT2D eigenvalue weighted by Crippen LogP contribution is -2.33. The predicted molar refractivity (Wildman–Crippen MR) is 86.7 cm³/mol. The second kappa shape index (κ2) is 9.09. The number of rotatable bonds is 8. The lowest BCUT2D eigenvalue weighted by atomic mass is 10.2. The minimum atomic E-state index is 0.196. The first-order chi connectivity index (χ1) is 9.58. The summed E-state index contributed by atoms with van der Waals surface area (Å²) in [5.41, 5.74) is 0.879. The molecule has 0 bridgehead atoms. The molecule has 0 saturated heterocycles. The van der Waals surface area contributed by atoms with Gasteiger partial charge in [-0.05, 0) is 31.0 Å². The fraction of sp³-hybridized carbons (Fsp3) is 0.533. The Bertz CT molecular complexity index is 432. The summed E-state index contributed by atoms with van der Waals surface area (Å²) >= 11 is 11.8. The summed E-state index contributed by atoms with van der Waals surface area (Å²) in [5, 5.41) is 4.24. The maximum Gasteiger partial charge on any atom is 0.224 e. The fourth-order valence-corrected chi connectivity index (χ4v) is 2.28. The fourth-order valence-electron chi connectivity index (χ4n) is 1.98. The largest absolute Gasteiger partial charge is 0.384 e. The van der Waals surface area contributed by atoms with Crippen molar-refractivity contribution in [2.75, 3.05) is 25.0 Å². The minimum Gasteiger partial charge on any atom is -0.384 e. The van der Waals surface area contributed by atoms with E-state index in [0.717, 1.165) is 31.6 Å². The van der Waals surface area contributed by atoms with Crippen molar-refractivity contribution < 1.29 is 4.79 Å². The van der Waals surface area contributed by atoms with Crippen LogP contribution in [-0.2, 0) is 4.79 Å². The first-order valence-corrected chi connectivity index (χ1v) is 7.80. The number of halogens is 2. The third kappa shape index (κ3) is 5.59. The quantitative estimate of drug-likeness (QED) is 0.768. The van der Waals surface area contributed by atoms with Crippen LogP contribution in [0, 0.1) is 0 Å². The van der Waals surface area contributed by atoms with Gasteiger partial charge in [0.05, 0.1) is 10.0 Å². The zero-order valence-electron chi connectivity index (χ0n) is 12.1. The van der Waals surface area contributed by atoms with Gasteiger partial charge in [-0.3, -0.25) is 4.79 Å². The number of anilines is 1. The topological polar surface area (TPSA) is 32.3 Å². The second-order valence-corrected chi connectivity index (χ2v) is 5.50. The third-order valence-electron chi connectivity index (χ3n) is 2.93. The molecule has 0 fully saturated rings. The molecule has 3 nitrogen and oxygen atoms in total. The molecule has 1 aromatic carbocycles. The van der Waals surface area contributed by atoms with Crippen LogP contribution in [0.3, 0.4) is 0 Å². The van der Waals surface area contributed by atoms with Crippen LogP contribution in [0.25, 0.3) is 0 Å². The Hall–Kier alpha value is -0.930. The standard InChI is InChI=1S/C15H22Cl2N2O/c1-3-9-19(10-4-2)15(20)7-8-18-12-5-6-13(16)14(17)11-12/h5-6,11,18H,3-4,7-10H2,1-2H3. The summed E-state index contributed by atoms with van der Waals surface area (Å²) in [6.45, 7) is 6.44. The van der Waals surface area contributed by atoms with Gasteiger partial charge in [0.25, 0.3) is 0 Å². The lowest BCUT2D eigenvalue weighted by Gasteiger charge is -2.21. The molecule has 0 aliphatic carbocycles. The van der Waals surface area contributed by atoms with Crippen molar-refractivity contribution in [2.24, 2.45) is 0 Å². The maximum absolute atomic E-state index is 12.1. The van der Waals surface area contributed by atoms with Crippen molar-refractivity contribution in [3.8, 4) is 0 Å². The molecule has 0 aliphatic rings. The lowest BCUT2D eigenvalue weighted by molar-refractivity contribution is -0.131. The minimum absolute atomic E-state index is 0.196. The molecule has 1 rings (SSSR count). The highest BCUT2D eigenvalue weighted by molar-refractivity contribution is 6.42. The number of carbonyl (C=O) groups excluding carboxylic acids is 1. The zero-order chi connectivity index (χ0) is 15.0. The van der Waals surface area contributed by atoms with E-state index in [4.69, 9.17) is 23.2 Å². The highest BCUT2D eigenvalue weighted by Gasteiger charge is 2.10. The van der Waals surface area contributed by atoms with E-state index in [1.807, 2.05) is 11.0 Å². The summed E-state index contributed by atoms with van der Waals surface area (Å²) in [5.74, 6) is 0.196. The summed E-state index contributed by atoms with van der Waals surface area (Å²) in [4.78, 5) is 14.0. The van der Waals surface area contributed by atoms with Crippen LogP contribution in [0.15, 0.2) is 18.2 Å². The highest BCUT2D eigenvalue weighted by Crippen LogP contribution is 2.24. The molecule has 1 N–H and O–H groups in total. The van der Waals surface area contributed by atoms with E-state index in [0.29, 0.717) is 23.0 Å². The average Bonchev–Trinajstić information content (AvgIpc) is 2.42. The molecule has 20 heavy (non-hydrogen) atoms. The number of nitrogens with zero attached hydrogens (tertiary/aromatic N) is 1. The van der Waals surface area contributed by atoms with Gasteiger partial charge in [-0.15, -0.1) is 0 Å². The highest BCUT2D eigenvalue weighted by atomic mass is 35.5.